The second kappa shape index (κ2) is 5.54. The fourth-order valence-electron chi connectivity index (χ4n) is 1.98. The molecule has 2 rings (SSSR count). The van der Waals surface area contributed by atoms with Crippen LogP contribution in [-0.2, 0) is 0 Å². The molecule has 0 aromatic carbocycles. The van der Waals surface area contributed by atoms with Gasteiger partial charge in [-0.1, -0.05) is 12.2 Å². The van der Waals surface area contributed by atoms with Crippen LogP contribution in [0.3, 0.4) is 0 Å². The summed E-state index contributed by atoms with van der Waals surface area (Å²) >= 11 is 0. The highest BCUT2D eigenvalue weighted by Gasteiger charge is 2.10. The molecule has 0 aliphatic heterocycles. The van der Waals surface area contributed by atoms with E-state index >= 15 is 0 Å². The number of ether oxygens (including phenoxy) is 1. The Morgan fingerprint density at radius 3 is 3.19 bits per heavy atom. The number of hydrogen-bond acceptors (Lipinski definition) is 3. The maximum Gasteiger partial charge on any atom is 0.237 e. The molecule has 0 saturated carbocycles. The third kappa shape index (κ3) is 2.75. The van der Waals surface area contributed by atoms with Crippen molar-refractivity contribution in [3.8, 4) is 5.88 Å². The number of pyridine rings is 1. The molecule has 0 amide bonds. The van der Waals surface area contributed by atoms with Gasteiger partial charge >= 0.3 is 0 Å². The summed E-state index contributed by atoms with van der Waals surface area (Å²) in [5, 5.41) is 3.41. The van der Waals surface area contributed by atoms with E-state index in [2.05, 4.69) is 22.5 Å². The van der Waals surface area contributed by atoms with Gasteiger partial charge in [0.25, 0.3) is 0 Å². The minimum atomic E-state index is 0.675. The van der Waals surface area contributed by atoms with Crippen molar-refractivity contribution >= 4 is 5.69 Å². The Bertz CT molecular complexity index is 363. The van der Waals surface area contributed by atoms with Gasteiger partial charge in [-0.3, -0.25) is 0 Å². The predicted octanol–water partition coefficient (Wildman–Crippen LogP) is 2.86. The van der Waals surface area contributed by atoms with Crippen molar-refractivity contribution in [2.45, 2.75) is 19.3 Å². The van der Waals surface area contributed by atoms with E-state index in [1.54, 1.807) is 13.3 Å². The highest BCUT2D eigenvalue weighted by atomic mass is 16.5. The van der Waals surface area contributed by atoms with E-state index in [1.807, 2.05) is 12.1 Å². The molecule has 1 aliphatic carbocycles. The first-order valence-electron chi connectivity index (χ1n) is 5.78. The third-order valence-electron chi connectivity index (χ3n) is 2.92. The Kier molecular flexibility index (Phi) is 3.81. The van der Waals surface area contributed by atoms with E-state index in [1.165, 1.54) is 19.3 Å². The van der Waals surface area contributed by atoms with Gasteiger partial charge in [-0.15, -0.1) is 0 Å². The van der Waals surface area contributed by atoms with Gasteiger partial charge in [-0.2, -0.15) is 0 Å². The molecule has 1 atom stereocenters. The molecule has 3 heteroatoms. The lowest BCUT2D eigenvalue weighted by atomic mass is 9.94. The lowest BCUT2D eigenvalue weighted by Crippen LogP contribution is -2.15. The van der Waals surface area contributed by atoms with Crippen LogP contribution in [0.1, 0.15) is 19.3 Å². The Labute approximate surface area is 96.5 Å². The Hall–Kier alpha value is -1.51. The maximum absolute atomic E-state index is 5.20. The largest absolute Gasteiger partial charge is 0.480 e. The summed E-state index contributed by atoms with van der Waals surface area (Å²) < 4.78 is 5.20. The molecule has 0 spiro atoms. The van der Waals surface area contributed by atoms with E-state index < -0.39 is 0 Å². The number of hydrogen-bond donors (Lipinski definition) is 1. The van der Waals surface area contributed by atoms with Gasteiger partial charge in [0.1, 0.15) is 0 Å². The van der Waals surface area contributed by atoms with Gasteiger partial charge in [-0.25, -0.2) is 4.98 Å². The summed E-state index contributed by atoms with van der Waals surface area (Å²) in [5.74, 6) is 1.41. The number of anilines is 1. The van der Waals surface area contributed by atoms with Crippen LogP contribution in [0.5, 0.6) is 5.88 Å². The average molecular weight is 218 g/mol. The highest BCUT2D eigenvalue weighted by molar-refractivity contribution is 5.51. The third-order valence-corrected chi connectivity index (χ3v) is 2.92. The molecule has 1 aliphatic rings. The average Bonchev–Trinajstić information content (AvgIpc) is 2.38. The zero-order valence-corrected chi connectivity index (χ0v) is 9.65. The van der Waals surface area contributed by atoms with Crippen LogP contribution in [0.25, 0.3) is 0 Å². The van der Waals surface area contributed by atoms with Crippen molar-refractivity contribution in [2.75, 3.05) is 19.0 Å². The van der Waals surface area contributed by atoms with Crippen LogP contribution in [0.15, 0.2) is 30.5 Å². The van der Waals surface area contributed by atoms with Crippen LogP contribution in [0.4, 0.5) is 5.69 Å². The van der Waals surface area contributed by atoms with E-state index in [0.717, 1.165) is 18.2 Å². The van der Waals surface area contributed by atoms with Crippen molar-refractivity contribution in [3.05, 3.63) is 30.5 Å². The molecule has 16 heavy (non-hydrogen) atoms. The minimum Gasteiger partial charge on any atom is -0.480 e. The van der Waals surface area contributed by atoms with Gasteiger partial charge in [-0.05, 0) is 37.3 Å². The van der Waals surface area contributed by atoms with Crippen molar-refractivity contribution in [2.24, 2.45) is 5.92 Å². The predicted molar refractivity (Wildman–Crippen MR) is 65.8 cm³/mol. The summed E-state index contributed by atoms with van der Waals surface area (Å²) in [4.78, 5) is 4.16. The molecule has 0 saturated heterocycles. The van der Waals surface area contributed by atoms with E-state index in [4.69, 9.17) is 4.74 Å². The summed E-state index contributed by atoms with van der Waals surface area (Å²) in [6.45, 7) is 0.992. The van der Waals surface area contributed by atoms with Gasteiger partial charge in [0.2, 0.25) is 5.88 Å². The van der Waals surface area contributed by atoms with E-state index in [-0.39, 0.29) is 0 Å². The van der Waals surface area contributed by atoms with Crippen LogP contribution < -0.4 is 10.1 Å². The molecule has 86 valence electrons. The molecular weight excluding hydrogens is 200 g/mol. The smallest absolute Gasteiger partial charge is 0.237 e. The number of aromatic nitrogens is 1. The number of nitrogens with zero attached hydrogens (tertiary/aromatic N) is 1. The lowest BCUT2D eigenvalue weighted by Gasteiger charge is -2.19. The van der Waals surface area contributed by atoms with Crippen molar-refractivity contribution < 1.29 is 4.74 Å². The molecule has 1 heterocycles. The SMILES string of the molecule is COc1ncccc1NCC1CC=CCC1. The van der Waals surface area contributed by atoms with Crippen LogP contribution in [0.2, 0.25) is 0 Å². The molecule has 1 aromatic heterocycles. The van der Waals surface area contributed by atoms with Gasteiger partial charge in [0, 0.05) is 12.7 Å². The highest BCUT2D eigenvalue weighted by Crippen LogP contribution is 2.23. The molecule has 0 fully saturated rings. The Morgan fingerprint density at radius 1 is 1.50 bits per heavy atom. The summed E-state index contributed by atoms with van der Waals surface area (Å²) in [6, 6.07) is 3.93. The van der Waals surface area contributed by atoms with Crippen molar-refractivity contribution in [3.63, 3.8) is 0 Å². The van der Waals surface area contributed by atoms with E-state index in [0.29, 0.717) is 5.88 Å². The first kappa shape index (κ1) is 11.0. The first-order valence-corrected chi connectivity index (χ1v) is 5.78. The number of rotatable bonds is 4. The second-order valence-electron chi connectivity index (χ2n) is 4.09. The monoisotopic (exact) mass is 218 g/mol. The van der Waals surface area contributed by atoms with E-state index in [9.17, 15) is 0 Å². The van der Waals surface area contributed by atoms with Gasteiger partial charge in [0.15, 0.2) is 0 Å². The zero-order chi connectivity index (χ0) is 11.2. The van der Waals surface area contributed by atoms with Crippen LogP contribution in [0, 0.1) is 5.92 Å². The fourth-order valence-corrected chi connectivity index (χ4v) is 1.98. The Balaban J connectivity index is 1.91. The number of methoxy groups -OCH3 is 1. The second-order valence-corrected chi connectivity index (χ2v) is 4.09. The van der Waals surface area contributed by atoms with Crippen molar-refractivity contribution in [1.29, 1.82) is 0 Å². The minimum absolute atomic E-state index is 0.675. The fraction of sp³-hybridized carbons (Fsp3) is 0.462. The molecule has 1 aromatic rings. The topological polar surface area (TPSA) is 34.1 Å². The molecule has 1 N–H and O–H groups in total. The van der Waals surface area contributed by atoms with Gasteiger partial charge < -0.3 is 10.1 Å². The van der Waals surface area contributed by atoms with Gasteiger partial charge in [0.05, 0.1) is 12.8 Å². The quantitative estimate of drug-likeness (QED) is 0.789. The van der Waals surface area contributed by atoms with Crippen molar-refractivity contribution in [1.82, 2.24) is 4.98 Å². The normalized spacial score (nSPS) is 19.4. The standard InChI is InChI=1S/C13H18N2O/c1-16-13-12(8-5-9-14-13)15-10-11-6-3-2-4-7-11/h2-3,5,8-9,11,15H,4,6-7,10H2,1H3. The first-order chi connectivity index (χ1) is 7.90. The Morgan fingerprint density at radius 2 is 2.44 bits per heavy atom. The molecular formula is C13H18N2O. The molecule has 0 bridgehead atoms. The summed E-state index contributed by atoms with van der Waals surface area (Å²) in [6.07, 6.45) is 9.93. The molecule has 3 nitrogen and oxygen atoms in total. The zero-order valence-electron chi connectivity index (χ0n) is 9.65. The van der Waals surface area contributed by atoms with Crippen LogP contribution in [-0.4, -0.2) is 18.6 Å². The summed E-state index contributed by atoms with van der Waals surface area (Å²) in [7, 11) is 1.65. The molecule has 0 radical (unpaired) electrons. The molecule has 1 unspecified atom stereocenters. The number of nitrogens with one attached hydrogen (secondary N) is 1. The number of allylic oxidation sites excluding steroid dienone is 2. The lowest BCUT2D eigenvalue weighted by molar-refractivity contribution is 0.399. The summed E-state index contributed by atoms with van der Waals surface area (Å²) in [5.41, 5.74) is 0.986. The maximum atomic E-state index is 5.20. The van der Waals surface area contributed by atoms with Crippen LogP contribution >= 0.6 is 0 Å².